The van der Waals surface area contributed by atoms with Crippen molar-refractivity contribution < 1.29 is 14.3 Å². The molecule has 2 amide bonds. The van der Waals surface area contributed by atoms with E-state index in [1.165, 1.54) is 16.9 Å². The summed E-state index contributed by atoms with van der Waals surface area (Å²) in [6, 6.07) is 6.18. The molecule has 3 rings (SSSR count). The van der Waals surface area contributed by atoms with E-state index in [1.54, 1.807) is 6.20 Å². The van der Waals surface area contributed by atoms with E-state index in [0.29, 0.717) is 24.7 Å². The van der Waals surface area contributed by atoms with E-state index in [2.05, 4.69) is 22.4 Å². The van der Waals surface area contributed by atoms with Gasteiger partial charge in [-0.3, -0.25) is 9.59 Å². The van der Waals surface area contributed by atoms with Crippen molar-refractivity contribution in [1.82, 2.24) is 9.88 Å². The Labute approximate surface area is 176 Å². The van der Waals surface area contributed by atoms with Crippen LogP contribution in [0, 0.1) is 19.8 Å². The Morgan fingerprint density at radius 3 is 2.97 bits per heavy atom. The summed E-state index contributed by atoms with van der Waals surface area (Å²) < 4.78 is 5.86. The number of piperidine rings is 1. The molecule has 0 spiro atoms. The van der Waals surface area contributed by atoms with Crippen LogP contribution < -0.4 is 10.1 Å². The lowest BCUT2D eigenvalue weighted by Crippen LogP contribution is -2.43. The van der Waals surface area contributed by atoms with Gasteiger partial charge in [0.15, 0.2) is 5.13 Å². The van der Waals surface area contributed by atoms with Crippen molar-refractivity contribution >= 4 is 28.3 Å². The van der Waals surface area contributed by atoms with Crippen LogP contribution >= 0.6 is 11.3 Å². The number of benzene rings is 1. The van der Waals surface area contributed by atoms with Crippen LogP contribution in [0.3, 0.4) is 0 Å². The van der Waals surface area contributed by atoms with Crippen LogP contribution in [0.1, 0.15) is 43.2 Å². The van der Waals surface area contributed by atoms with Gasteiger partial charge in [-0.25, -0.2) is 4.98 Å². The van der Waals surface area contributed by atoms with Gasteiger partial charge in [0.05, 0.1) is 12.5 Å². The van der Waals surface area contributed by atoms with Crippen molar-refractivity contribution in [3.8, 4) is 5.75 Å². The van der Waals surface area contributed by atoms with Crippen molar-refractivity contribution in [2.24, 2.45) is 5.92 Å². The second-order valence-corrected chi connectivity index (χ2v) is 8.47. The van der Waals surface area contributed by atoms with Crippen molar-refractivity contribution in [2.45, 2.75) is 46.0 Å². The van der Waals surface area contributed by atoms with Gasteiger partial charge in [-0.1, -0.05) is 12.1 Å². The minimum Gasteiger partial charge on any atom is -0.493 e. The molecule has 0 saturated carbocycles. The van der Waals surface area contributed by atoms with Crippen molar-refractivity contribution in [3.05, 3.63) is 40.9 Å². The molecule has 0 radical (unpaired) electrons. The number of hydrogen-bond donors (Lipinski definition) is 1. The number of thiazole rings is 1. The second-order valence-electron chi connectivity index (χ2n) is 7.58. The molecule has 29 heavy (non-hydrogen) atoms. The normalized spacial score (nSPS) is 16.5. The summed E-state index contributed by atoms with van der Waals surface area (Å²) in [5.41, 5.74) is 2.31. The van der Waals surface area contributed by atoms with Crippen LogP contribution in [0.2, 0.25) is 0 Å². The van der Waals surface area contributed by atoms with Crippen LogP contribution in [-0.2, 0) is 9.59 Å². The fourth-order valence-electron chi connectivity index (χ4n) is 3.49. The highest BCUT2D eigenvalue weighted by molar-refractivity contribution is 7.13. The number of nitrogens with zero attached hydrogens (tertiary/aromatic N) is 2. The Bertz CT molecular complexity index is 823. The predicted molar refractivity (Wildman–Crippen MR) is 115 cm³/mol. The van der Waals surface area contributed by atoms with Crippen LogP contribution in [0.4, 0.5) is 5.13 Å². The predicted octanol–water partition coefficient (Wildman–Crippen LogP) is 4.19. The quantitative estimate of drug-likeness (QED) is 0.657. The first-order valence-electron chi connectivity index (χ1n) is 10.2. The van der Waals surface area contributed by atoms with Gasteiger partial charge in [-0.15, -0.1) is 11.3 Å². The van der Waals surface area contributed by atoms with Gasteiger partial charge in [0.25, 0.3) is 0 Å². The van der Waals surface area contributed by atoms with E-state index in [-0.39, 0.29) is 17.7 Å². The van der Waals surface area contributed by atoms with E-state index >= 15 is 0 Å². The number of anilines is 1. The Morgan fingerprint density at radius 1 is 1.31 bits per heavy atom. The highest BCUT2D eigenvalue weighted by Crippen LogP contribution is 2.21. The van der Waals surface area contributed by atoms with E-state index < -0.39 is 0 Å². The number of carbonyl (C=O) groups excluding carboxylic acids is 2. The molecule has 156 valence electrons. The summed E-state index contributed by atoms with van der Waals surface area (Å²) in [4.78, 5) is 30.9. The number of nitrogens with one attached hydrogen (secondary N) is 1. The number of ether oxygens (including phenoxy) is 1. The third kappa shape index (κ3) is 6.29. The molecular weight excluding hydrogens is 386 g/mol. The molecule has 1 unspecified atom stereocenters. The van der Waals surface area contributed by atoms with Gasteiger partial charge >= 0.3 is 0 Å². The number of rotatable bonds is 8. The fraction of sp³-hybridized carbons (Fsp3) is 0.500. The molecule has 1 aromatic carbocycles. The lowest BCUT2D eigenvalue weighted by Gasteiger charge is -2.32. The molecule has 1 saturated heterocycles. The number of hydrogen-bond acceptors (Lipinski definition) is 5. The van der Waals surface area contributed by atoms with Gasteiger partial charge < -0.3 is 15.0 Å². The van der Waals surface area contributed by atoms with Crippen LogP contribution in [0.15, 0.2) is 29.8 Å². The molecule has 1 aliphatic rings. The van der Waals surface area contributed by atoms with E-state index in [0.717, 1.165) is 43.5 Å². The summed E-state index contributed by atoms with van der Waals surface area (Å²) in [5.74, 6) is 0.841. The first-order valence-corrected chi connectivity index (χ1v) is 11.1. The molecule has 0 aliphatic carbocycles. The monoisotopic (exact) mass is 415 g/mol. The standard InChI is InChI=1S/C22H29N3O3S/c1-16-8-9-17(2)19(14-16)28-12-4-3-7-20(26)25-11-5-6-18(15-25)21(27)24-22-23-10-13-29-22/h8-10,13-14,18H,3-7,11-12,15H2,1-2H3,(H,23,24,27). The minimum atomic E-state index is -0.163. The maximum Gasteiger partial charge on any atom is 0.231 e. The maximum atomic E-state index is 12.6. The molecule has 1 atom stereocenters. The van der Waals surface area contributed by atoms with Crippen LogP contribution in [0.5, 0.6) is 5.75 Å². The smallest absolute Gasteiger partial charge is 0.231 e. The molecule has 0 bridgehead atoms. The average molecular weight is 416 g/mol. The third-order valence-electron chi connectivity index (χ3n) is 5.19. The lowest BCUT2D eigenvalue weighted by molar-refractivity contribution is -0.134. The zero-order valence-corrected chi connectivity index (χ0v) is 18.0. The Hall–Kier alpha value is -2.41. The molecule has 2 aromatic rings. The van der Waals surface area contributed by atoms with Gasteiger partial charge in [0.2, 0.25) is 11.8 Å². The largest absolute Gasteiger partial charge is 0.493 e. The summed E-state index contributed by atoms with van der Waals surface area (Å²) >= 11 is 1.40. The highest BCUT2D eigenvalue weighted by atomic mass is 32.1. The summed E-state index contributed by atoms with van der Waals surface area (Å²) in [6.45, 7) is 5.92. The highest BCUT2D eigenvalue weighted by Gasteiger charge is 2.28. The second kappa shape index (κ2) is 10.4. The molecule has 2 heterocycles. The Morgan fingerprint density at radius 2 is 2.17 bits per heavy atom. The topological polar surface area (TPSA) is 71.5 Å². The number of aryl methyl sites for hydroxylation is 2. The van der Waals surface area contributed by atoms with Crippen LogP contribution in [0.25, 0.3) is 0 Å². The number of unbranched alkanes of at least 4 members (excludes halogenated alkanes) is 1. The zero-order chi connectivity index (χ0) is 20.6. The SMILES string of the molecule is Cc1ccc(C)c(OCCCCC(=O)N2CCCC(C(=O)Nc3nccs3)C2)c1. The van der Waals surface area contributed by atoms with E-state index in [9.17, 15) is 9.59 Å². The van der Waals surface area contributed by atoms with Crippen LogP contribution in [-0.4, -0.2) is 41.4 Å². The molecular formula is C22H29N3O3S. The first-order chi connectivity index (χ1) is 14.0. The average Bonchev–Trinajstić information content (AvgIpc) is 3.23. The molecule has 1 aliphatic heterocycles. The number of likely N-dealkylation sites (tertiary alicyclic amines) is 1. The van der Waals surface area contributed by atoms with E-state index in [1.807, 2.05) is 30.2 Å². The molecule has 1 aromatic heterocycles. The number of aromatic nitrogens is 1. The van der Waals surface area contributed by atoms with Crippen molar-refractivity contribution in [2.75, 3.05) is 25.0 Å². The summed E-state index contributed by atoms with van der Waals surface area (Å²) in [5, 5.41) is 5.29. The third-order valence-corrected chi connectivity index (χ3v) is 5.88. The zero-order valence-electron chi connectivity index (χ0n) is 17.1. The Balaban J connectivity index is 1.37. The molecule has 1 fully saturated rings. The molecule has 1 N–H and O–H groups in total. The van der Waals surface area contributed by atoms with Gasteiger partial charge in [0.1, 0.15) is 5.75 Å². The van der Waals surface area contributed by atoms with Crippen molar-refractivity contribution in [3.63, 3.8) is 0 Å². The lowest BCUT2D eigenvalue weighted by atomic mass is 9.97. The molecule has 6 nitrogen and oxygen atoms in total. The van der Waals surface area contributed by atoms with Gasteiger partial charge in [0, 0.05) is 31.1 Å². The fourth-order valence-corrected chi connectivity index (χ4v) is 4.02. The first kappa shape index (κ1) is 21.3. The summed E-state index contributed by atoms with van der Waals surface area (Å²) in [6.07, 6.45) is 5.46. The molecule has 7 heteroatoms. The summed E-state index contributed by atoms with van der Waals surface area (Å²) in [7, 11) is 0. The number of carbonyl (C=O) groups is 2. The maximum absolute atomic E-state index is 12.6. The number of amides is 2. The van der Waals surface area contributed by atoms with Gasteiger partial charge in [-0.05, 0) is 56.7 Å². The van der Waals surface area contributed by atoms with Gasteiger partial charge in [-0.2, -0.15) is 0 Å². The minimum absolute atomic E-state index is 0.0422. The van der Waals surface area contributed by atoms with Crippen molar-refractivity contribution in [1.29, 1.82) is 0 Å². The van der Waals surface area contributed by atoms with E-state index in [4.69, 9.17) is 4.74 Å². The Kier molecular flexibility index (Phi) is 7.63.